The summed E-state index contributed by atoms with van der Waals surface area (Å²) in [5, 5.41) is 3.12. The molecule has 0 radical (unpaired) electrons. The number of hydrogen-bond donors (Lipinski definition) is 2. The Bertz CT molecular complexity index is 1290. The number of aromatic nitrogens is 2. The van der Waals surface area contributed by atoms with Crippen molar-refractivity contribution < 1.29 is 14.3 Å². The van der Waals surface area contributed by atoms with Crippen molar-refractivity contribution in [2.45, 2.75) is 24.9 Å². The van der Waals surface area contributed by atoms with Gasteiger partial charge in [0.25, 0.3) is 0 Å². The molecule has 7 nitrogen and oxygen atoms in total. The molecule has 3 N–H and O–H groups in total. The van der Waals surface area contributed by atoms with E-state index in [9.17, 15) is 4.79 Å². The normalized spacial score (nSPS) is 14.7. The molecule has 1 aliphatic rings. The standard InChI is InChI=1S/C29H28N4O3/c30-28-31-18-23(19-32-28)22-6-8-24(9-7-22)29(14-16-35-17-15-29)27(34)33-25-10-12-26(13-11-25)36-20-21-4-2-1-3-5-21/h1-13,18-19H,14-17,20H2,(H,33,34)(H2,30,31,32). The Hall–Kier alpha value is -4.23. The molecule has 1 fully saturated rings. The SMILES string of the molecule is Nc1ncc(-c2ccc(C3(C(=O)Nc4ccc(OCc5ccccc5)cc4)CCOCC3)cc2)cn1. The molecule has 0 aliphatic carbocycles. The minimum absolute atomic E-state index is 0.0349. The fourth-order valence-electron chi connectivity index (χ4n) is 4.46. The molecule has 0 saturated carbocycles. The molecular weight excluding hydrogens is 452 g/mol. The second-order valence-corrected chi connectivity index (χ2v) is 8.85. The van der Waals surface area contributed by atoms with E-state index in [1.807, 2.05) is 78.9 Å². The van der Waals surface area contributed by atoms with Crippen LogP contribution in [0.25, 0.3) is 11.1 Å². The van der Waals surface area contributed by atoms with Gasteiger partial charge in [-0.1, -0.05) is 54.6 Å². The molecule has 1 aliphatic heterocycles. The predicted molar refractivity (Wildman–Crippen MR) is 139 cm³/mol. The summed E-state index contributed by atoms with van der Waals surface area (Å²) in [5.41, 5.74) is 9.57. The molecule has 0 unspecified atom stereocenters. The van der Waals surface area contributed by atoms with Gasteiger partial charge < -0.3 is 20.5 Å². The molecule has 36 heavy (non-hydrogen) atoms. The van der Waals surface area contributed by atoms with Gasteiger partial charge in [-0.2, -0.15) is 0 Å². The van der Waals surface area contributed by atoms with E-state index in [2.05, 4.69) is 15.3 Å². The van der Waals surface area contributed by atoms with Crippen molar-refractivity contribution in [2.24, 2.45) is 0 Å². The van der Waals surface area contributed by atoms with E-state index in [-0.39, 0.29) is 11.9 Å². The first-order valence-corrected chi connectivity index (χ1v) is 12.0. The Morgan fingerprint density at radius 1 is 0.889 bits per heavy atom. The van der Waals surface area contributed by atoms with Crippen molar-refractivity contribution in [3.8, 4) is 16.9 Å². The van der Waals surface area contributed by atoms with Crippen LogP contribution in [-0.4, -0.2) is 29.1 Å². The van der Waals surface area contributed by atoms with Crippen LogP contribution in [0, 0.1) is 0 Å². The number of nitrogens with zero attached hydrogens (tertiary/aromatic N) is 2. The van der Waals surface area contributed by atoms with E-state index in [1.54, 1.807) is 12.4 Å². The van der Waals surface area contributed by atoms with Crippen molar-refractivity contribution in [2.75, 3.05) is 24.3 Å². The summed E-state index contributed by atoms with van der Waals surface area (Å²) in [6.45, 7) is 1.56. The number of benzene rings is 3. The number of carbonyl (C=O) groups excluding carboxylic acids is 1. The number of amides is 1. The number of nitrogens with one attached hydrogen (secondary N) is 1. The van der Waals surface area contributed by atoms with Gasteiger partial charge in [-0.3, -0.25) is 4.79 Å². The smallest absolute Gasteiger partial charge is 0.235 e. The Morgan fingerprint density at radius 3 is 2.22 bits per heavy atom. The third-order valence-corrected chi connectivity index (χ3v) is 6.58. The second-order valence-electron chi connectivity index (χ2n) is 8.85. The lowest BCUT2D eigenvalue weighted by molar-refractivity contribution is -0.125. The minimum atomic E-state index is -0.670. The zero-order chi connectivity index (χ0) is 24.8. The van der Waals surface area contributed by atoms with E-state index in [4.69, 9.17) is 15.2 Å². The van der Waals surface area contributed by atoms with Crippen molar-refractivity contribution >= 4 is 17.5 Å². The third kappa shape index (κ3) is 5.21. The molecule has 1 aromatic heterocycles. The molecular formula is C29H28N4O3. The van der Waals surface area contributed by atoms with Gasteiger partial charge >= 0.3 is 0 Å². The number of hydrogen-bond acceptors (Lipinski definition) is 6. The molecule has 7 heteroatoms. The van der Waals surface area contributed by atoms with Gasteiger partial charge in [-0.15, -0.1) is 0 Å². The maximum atomic E-state index is 13.6. The van der Waals surface area contributed by atoms with Crippen LogP contribution < -0.4 is 15.8 Å². The maximum Gasteiger partial charge on any atom is 0.235 e. The summed E-state index contributed by atoms with van der Waals surface area (Å²) in [6.07, 6.45) is 4.62. The Balaban J connectivity index is 1.30. The van der Waals surface area contributed by atoms with Crippen molar-refractivity contribution in [1.29, 1.82) is 0 Å². The number of anilines is 2. The average Bonchev–Trinajstić information content (AvgIpc) is 2.94. The van der Waals surface area contributed by atoms with Crippen LogP contribution >= 0.6 is 0 Å². The van der Waals surface area contributed by atoms with E-state index < -0.39 is 5.41 Å². The van der Waals surface area contributed by atoms with Crippen LogP contribution in [0.3, 0.4) is 0 Å². The lowest BCUT2D eigenvalue weighted by Gasteiger charge is -2.36. The van der Waals surface area contributed by atoms with Crippen LogP contribution in [0.4, 0.5) is 11.6 Å². The van der Waals surface area contributed by atoms with Crippen molar-refractivity contribution in [3.05, 3.63) is 102 Å². The average molecular weight is 481 g/mol. The van der Waals surface area contributed by atoms with Gasteiger partial charge in [0.05, 0.1) is 5.41 Å². The van der Waals surface area contributed by atoms with E-state index in [1.165, 1.54) is 0 Å². The number of nitrogens with two attached hydrogens (primary N) is 1. The molecule has 4 aromatic rings. The topological polar surface area (TPSA) is 99.4 Å². The van der Waals surface area contributed by atoms with Gasteiger partial charge in [0.1, 0.15) is 12.4 Å². The zero-order valence-corrected chi connectivity index (χ0v) is 19.9. The summed E-state index contributed by atoms with van der Waals surface area (Å²) in [7, 11) is 0. The molecule has 0 spiro atoms. The van der Waals surface area contributed by atoms with Crippen molar-refractivity contribution in [1.82, 2.24) is 9.97 Å². The predicted octanol–water partition coefficient (Wildman–Crippen LogP) is 4.99. The molecule has 1 amide bonds. The lowest BCUT2D eigenvalue weighted by Crippen LogP contribution is -2.44. The second kappa shape index (κ2) is 10.6. The lowest BCUT2D eigenvalue weighted by atomic mass is 9.73. The number of nitrogen functional groups attached to an aromatic ring is 1. The first kappa shape index (κ1) is 23.5. The van der Waals surface area contributed by atoms with E-state index >= 15 is 0 Å². The van der Waals surface area contributed by atoms with Crippen LogP contribution in [0.5, 0.6) is 5.75 Å². The molecule has 0 bridgehead atoms. The fraction of sp³-hybridized carbons (Fsp3) is 0.207. The monoisotopic (exact) mass is 480 g/mol. The van der Waals surface area contributed by atoms with Gasteiger partial charge in [0.15, 0.2) is 0 Å². The van der Waals surface area contributed by atoms with Gasteiger partial charge in [-0.25, -0.2) is 9.97 Å². The van der Waals surface area contributed by atoms with E-state index in [0.29, 0.717) is 32.7 Å². The van der Waals surface area contributed by atoms with Crippen molar-refractivity contribution in [3.63, 3.8) is 0 Å². The minimum Gasteiger partial charge on any atom is -0.489 e. The summed E-state index contributed by atoms with van der Waals surface area (Å²) in [4.78, 5) is 21.8. The summed E-state index contributed by atoms with van der Waals surface area (Å²) >= 11 is 0. The Labute approximate surface area is 210 Å². The Kier molecular flexibility index (Phi) is 6.91. The molecule has 1 saturated heterocycles. The molecule has 2 heterocycles. The number of rotatable bonds is 7. The van der Waals surface area contributed by atoms with Gasteiger partial charge in [-0.05, 0) is 53.8 Å². The quantitative estimate of drug-likeness (QED) is 0.387. The molecule has 5 rings (SSSR count). The highest BCUT2D eigenvalue weighted by Gasteiger charge is 2.41. The number of ether oxygens (including phenoxy) is 2. The zero-order valence-electron chi connectivity index (χ0n) is 19.9. The highest BCUT2D eigenvalue weighted by Crippen LogP contribution is 2.37. The van der Waals surface area contributed by atoms with Gasteiger partial charge in [0, 0.05) is 36.9 Å². The highest BCUT2D eigenvalue weighted by molar-refractivity contribution is 5.99. The first-order chi connectivity index (χ1) is 17.6. The molecule has 182 valence electrons. The first-order valence-electron chi connectivity index (χ1n) is 12.0. The summed E-state index contributed by atoms with van der Waals surface area (Å²) in [5.74, 6) is 0.955. The Morgan fingerprint density at radius 2 is 1.56 bits per heavy atom. The summed E-state index contributed by atoms with van der Waals surface area (Å²) in [6, 6.07) is 25.5. The maximum absolute atomic E-state index is 13.6. The van der Waals surface area contributed by atoms with Crippen LogP contribution in [0.2, 0.25) is 0 Å². The van der Waals surface area contributed by atoms with Crippen LogP contribution in [0.1, 0.15) is 24.0 Å². The molecule has 0 atom stereocenters. The van der Waals surface area contributed by atoms with Crippen LogP contribution in [0.15, 0.2) is 91.3 Å². The van der Waals surface area contributed by atoms with Crippen LogP contribution in [-0.2, 0) is 21.6 Å². The van der Waals surface area contributed by atoms with E-state index in [0.717, 1.165) is 33.7 Å². The number of carbonyl (C=O) groups is 1. The largest absolute Gasteiger partial charge is 0.489 e. The summed E-state index contributed by atoms with van der Waals surface area (Å²) < 4.78 is 11.5. The molecule has 3 aromatic carbocycles. The fourth-order valence-corrected chi connectivity index (χ4v) is 4.46. The van der Waals surface area contributed by atoms with Gasteiger partial charge in [0.2, 0.25) is 11.9 Å². The third-order valence-electron chi connectivity index (χ3n) is 6.58. The highest BCUT2D eigenvalue weighted by atomic mass is 16.5.